The van der Waals surface area contributed by atoms with Gasteiger partial charge >= 0.3 is 0 Å². The van der Waals surface area contributed by atoms with Gasteiger partial charge in [0.05, 0.1) is 22.2 Å². The maximum absolute atomic E-state index is 12.9. The molecule has 24 heavy (non-hydrogen) atoms. The molecule has 2 fully saturated rings. The summed E-state index contributed by atoms with van der Waals surface area (Å²) in [7, 11) is 0. The molecule has 1 aromatic heterocycles. The predicted molar refractivity (Wildman–Crippen MR) is 96.8 cm³/mol. The van der Waals surface area contributed by atoms with Crippen molar-refractivity contribution in [1.82, 2.24) is 9.88 Å². The monoisotopic (exact) mass is 365 g/mol. The lowest BCUT2D eigenvalue weighted by atomic mass is 9.78. The topological polar surface area (TPSA) is 56.7 Å². The van der Waals surface area contributed by atoms with E-state index >= 15 is 0 Å². The fourth-order valence-electron chi connectivity index (χ4n) is 3.92. The van der Waals surface area contributed by atoms with E-state index < -0.39 is 0 Å². The molecule has 1 atom stereocenters. The third-order valence-corrected chi connectivity index (χ3v) is 6.47. The number of fused-ring (bicyclic) bond motifs is 1. The second-order valence-corrected chi connectivity index (χ2v) is 8.13. The first-order valence-corrected chi connectivity index (χ1v) is 9.52. The molecule has 1 amide bonds. The zero-order chi connectivity index (χ0) is 16.7. The van der Waals surface area contributed by atoms with Gasteiger partial charge in [-0.15, -0.1) is 0 Å². The highest BCUT2D eigenvalue weighted by molar-refractivity contribution is 7.22. The molecule has 1 unspecified atom stereocenters. The summed E-state index contributed by atoms with van der Waals surface area (Å²) in [4.78, 5) is 21.7. The molecule has 128 valence electrons. The van der Waals surface area contributed by atoms with Gasteiger partial charge in [0.15, 0.2) is 5.13 Å². The Morgan fingerprint density at radius 1 is 1.33 bits per heavy atom. The van der Waals surface area contributed by atoms with Crippen LogP contribution in [0.2, 0.25) is 5.02 Å². The van der Waals surface area contributed by atoms with Crippen LogP contribution in [0, 0.1) is 5.41 Å². The van der Waals surface area contributed by atoms with Crippen molar-refractivity contribution in [3.8, 4) is 0 Å². The fraction of sp³-hybridized carbons (Fsp3) is 0.529. The first-order chi connectivity index (χ1) is 11.6. The van der Waals surface area contributed by atoms with E-state index in [1.807, 2.05) is 23.1 Å². The van der Waals surface area contributed by atoms with Gasteiger partial charge in [-0.25, -0.2) is 4.98 Å². The summed E-state index contributed by atoms with van der Waals surface area (Å²) in [5.41, 5.74) is 0.653. The normalized spacial score (nSPS) is 24.5. The number of carbonyl (C=O) groups excluding carboxylic acids is 1. The number of rotatable bonds is 3. The highest BCUT2D eigenvalue weighted by atomic mass is 35.5. The summed E-state index contributed by atoms with van der Waals surface area (Å²) in [6.45, 7) is 2.82. The molecular formula is C17H20ClN3O2S. The molecule has 0 bridgehead atoms. The Balaban J connectivity index is 1.57. The lowest BCUT2D eigenvalue weighted by Gasteiger charge is -2.39. The molecule has 4 rings (SSSR count). The van der Waals surface area contributed by atoms with Crippen LogP contribution in [0.15, 0.2) is 18.2 Å². The smallest absolute Gasteiger partial charge is 0.230 e. The minimum Gasteiger partial charge on any atom is -0.395 e. The molecular weight excluding hydrogens is 346 g/mol. The summed E-state index contributed by atoms with van der Waals surface area (Å²) in [5.74, 6) is 0.203. The SMILES string of the molecule is O=C1N(CCO)CCCC12CCN(c1nc3ccc(Cl)cc3s1)C2. The summed E-state index contributed by atoms with van der Waals surface area (Å²) in [5, 5.41) is 10.9. The predicted octanol–water partition coefficient (Wildman–Crippen LogP) is 2.76. The Morgan fingerprint density at radius 3 is 3.04 bits per heavy atom. The molecule has 0 aliphatic carbocycles. The molecule has 0 saturated carbocycles. The largest absolute Gasteiger partial charge is 0.395 e. The van der Waals surface area contributed by atoms with Gasteiger partial charge in [-0.05, 0) is 37.5 Å². The Hall–Kier alpha value is -1.37. The molecule has 2 aromatic rings. The van der Waals surface area contributed by atoms with Gasteiger partial charge in [-0.3, -0.25) is 4.79 Å². The molecule has 0 radical (unpaired) electrons. The number of nitrogens with zero attached hydrogens (tertiary/aromatic N) is 3. The molecule has 2 aliphatic heterocycles. The summed E-state index contributed by atoms with van der Waals surface area (Å²) in [6.07, 6.45) is 2.81. The van der Waals surface area contributed by atoms with Gasteiger partial charge in [0.2, 0.25) is 5.91 Å². The number of hydrogen-bond donors (Lipinski definition) is 1. The van der Waals surface area contributed by atoms with Gasteiger partial charge in [0, 0.05) is 31.2 Å². The Labute approximate surface area is 149 Å². The van der Waals surface area contributed by atoms with E-state index in [1.54, 1.807) is 11.3 Å². The van der Waals surface area contributed by atoms with Crippen LogP contribution in [-0.2, 0) is 4.79 Å². The van der Waals surface area contributed by atoms with E-state index in [4.69, 9.17) is 16.6 Å². The maximum Gasteiger partial charge on any atom is 0.230 e. The first-order valence-electron chi connectivity index (χ1n) is 8.33. The second kappa shape index (κ2) is 6.17. The lowest BCUT2D eigenvalue weighted by Crippen LogP contribution is -2.50. The third-order valence-electron chi connectivity index (χ3n) is 5.16. The second-order valence-electron chi connectivity index (χ2n) is 6.68. The zero-order valence-corrected chi connectivity index (χ0v) is 14.9. The zero-order valence-electron chi connectivity index (χ0n) is 13.4. The maximum atomic E-state index is 12.9. The number of hydrogen-bond acceptors (Lipinski definition) is 5. The Kier molecular flexibility index (Phi) is 4.14. The van der Waals surface area contributed by atoms with Crippen LogP contribution in [0.1, 0.15) is 19.3 Å². The molecule has 7 heteroatoms. The van der Waals surface area contributed by atoms with Gasteiger partial charge < -0.3 is 14.9 Å². The van der Waals surface area contributed by atoms with Crippen LogP contribution in [0.25, 0.3) is 10.2 Å². The van der Waals surface area contributed by atoms with Gasteiger partial charge in [0.1, 0.15) is 0 Å². The van der Waals surface area contributed by atoms with E-state index in [2.05, 4.69) is 4.90 Å². The number of aromatic nitrogens is 1. The third kappa shape index (κ3) is 2.66. The lowest BCUT2D eigenvalue weighted by molar-refractivity contribution is -0.145. The average molecular weight is 366 g/mol. The number of halogens is 1. The van der Waals surface area contributed by atoms with E-state index in [0.717, 1.165) is 59.3 Å². The van der Waals surface area contributed by atoms with Crippen molar-refractivity contribution >= 4 is 44.2 Å². The highest BCUT2D eigenvalue weighted by Crippen LogP contribution is 2.43. The van der Waals surface area contributed by atoms with Crippen LogP contribution in [0.3, 0.4) is 0 Å². The molecule has 2 saturated heterocycles. The molecule has 1 N–H and O–H groups in total. The Bertz CT molecular complexity index is 778. The molecule has 1 aromatic carbocycles. The van der Waals surface area contributed by atoms with Crippen molar-refractivity contribution in [2.45, 2.75) is 19.3 Å². The van der Waals surface area contributed by atoms with Crippen LogP contribution in [0.5, 0.6) is 0 Å². The summed E-state index contributed by atoms with van der Waals surface area (Å²) < 4.78 is 1.08. The first kappa shape index (κ1) is 16.1. The minimum atomic E-state index is -0.303. The van der Waals surface area contributed by atoms with Crippen molar-refractivity contribution in [2.75, 3.05) is 37.7 Å². The van der Waals surface area contributed by atoms with E-state index in [-0.39, 0.29) is 17.9 Å². The molecule has 1 spiro atoms. The van der Waals surface area contributed by atoms with Crippen molar-refractivity contribution < 1.29 is 9.90 Å². The van der Waals surface area contributed by atoms with Crippen LogP contribution in [0.4, 0.5) is 5.13 Å². The number of thiazole rings is 1. The van der Waals surface area contributed by atoms with Gasteiger partial charge in [-0.2, -0.15) is 0 Å². The quantitative estimate of drug-likeness (QED) is 0.908. The van der Waals surface area contributed by atoms with Crippen LogP contribution in [-0.4, -0.2) is 53.7 Å². The van der Waals surface area contributed by atoms with Crippen molar-refractivity contribution in [1.29, 1.82) is 0 Å². The fourth-order valence-corrected chi connectivity index (χ4v) is 5.19. The highest BCUT2D eigenvalue weighted by Gasteiger charge is 2.48. The average Bonchev–Trinajstić information content (AvgIpc) is 3.16. The number of aliphatic hydroxyl groups excluding tert-OH is 1. The number of β-amino-alcohol motifs (C(OH)–C–C–N with tert-alkyl or cyclic N) is 1. The Morgan fingerprint density at radius 2 is 2.21 bits per heavy atom. The number of carbonyl (C=O) groups is 1. The van der Waals surface area contributed by atoms with Crippen molar-refractivity contribution in [2.24, 2.45) is 5.41 Å². The van der Waals surface area contributed by atoms with Crippen LogP contribution < -0.4 is 4.90 Å². The number of aliphatic hydroxyl groups is 1. The number of amides is 1. The minimum absolute atomic E-state index is 0.0319. The number of likely N-dealkylation sites (tertiary alicyclic amines) is 1. The number of piperidine rings is 1. The van der Waals surface area contributed by atoms with Crippen LogP contribution >= 0.6 is 22.9 Å². The summed E-state index contributed by atoms with van der Waals surface area (Å²) >= 11 is 7.70. The van der Waals surface area contributed by atoms with Gasteiger partial charge in [-0.1, -0.05) is 22.9 Å². The van der Waals surface area contributed by atoms with Crippen molar-refractivity contribution in [3.63, 3.8) is 0 Å². The number of anilines is 1. The van der Waals surface area contributed by atoms with E-state index in [1.165, 1.54) is 0 Å². The molecule has 2 aliphatic rings. The molecule has 3 heterocycles. The van der Waals surface area contributed by atoms with E-state index in [9.17, 15) is 9.90 Å². The van der Waals surface area contributed by atoms with E-state index in [0.29, 0.717) is 6.54 Å². The van der Waals surface area contributed by atoms with Gasteiger partial charge in [0.25, 0.3) is 0 Å². The molecule has 5 nitrogen and oxygen atoms in total. The standard InChI is InChI=1S/C17H20ClN3O2S/c18-12-2-3-13-14(10-12)24-16(19-13)21-7-5-17(11-21)4-1-6-20(8-9-22)15(17)23/h2-3,10,22H,1,4-9,11H2. The van der Waals surface area contributed by atoms with Crippen molar-refractivity contribution in [3.05, 3.63) is 23.2 Å². The number of benzene rings is 1. The summed E-state index contributed by atoms with van der Waals surface area (Å²) in [6, 6.07) is 5.74.